The Hall–Kier alpha value is -1.88. The van der Waals surface area contributed by atoms with Crippen molar-refractivity contribution < 1.29 is 9.18 Å². The summed E-state index contributed by atoms with van der Waals surface area (Å²) in [5, 5.41) is 5.80. The van der Waals surface area contributed by atoms with Gasteiger partial charge in [0, 0.05) is 16.2 Å². The van der Waals surface area contributed by atoms with E-state index in [1.807, 2.05) is 26.0 Å². The van der Waals surface area contributed by atoms with Gasteiger partial charge in [-0.3, -0.25) is 4.79 Å². The molecule has 0 heterocycles. The molecule has 2 aromatic rings. The van der Waals surface area contributed by atoms with Gasteiger partial charge in [0.1, 0.15) is 5.82 Å². The van der Waals surface area contributed by atoms with Gasteiger partial charge in [0.2, 0.25) is 0 Å². The van der Waals surface area contributed by atoms with Crippen LogP contribution in [0.25, 0.3) is 0 Å². The largest absolute Gasteiger partial charge is 0.382 e. The minimum absolute atomic E-state index is 0.147. The van der Waals surface area contributed by atoms with E-state index in [4.69, 9.17) is 0 Å². The minimum Gasteiger partial charge on any atom is -0.382 e. The number of halogens is 2. The van der Waals surface area contributed by atoms with Gasteiger partial charge in [-0.25, -0.2) is 4.39 Å². The van der Waals surface area contributed by atoms with E-state index in [1.165, 1.54) is 12.1 Å². The third-order valence-corrected chi connectivity index (χ3v) is 3.29. The molecule has 0 bridgehead atoms. The Kier molecular flexibility index (Phi) is 4.96. The van der Waals surface area contributed by atoms with E-state index < -0.39 is 5.82 Å². The quantitative estimate of drug-likeness (QED) is 0.841. The fraction of sp³-hybridized carbons (Fsp3) is 0.188. The lowest BCUT2D eigenvalue weighted by Crippen LogP contribution is -2.18. The number of carbonyl (C=O) groups is 1. The first kappa shape index (κ1) is 15.5. The summed E-state index contributed by atoms with van der Waals surface area (Å²) >= 11 is 3.26. The van der Waals surface area contributed by atoms with Gasteiger partial charge in [0.15, 0.2) is 0 Å². The number of amides is 1. The third kappa shape index (κ3) is 4.04. The highest BCUT2D eigenvalue weighted by atomic mass is 79.9. The van der Waals surface area contributed by atoms with Crippen LogP contribution >= 0.6 is 15.9 Å². The second-order valence-electron chi connectivity index (χ2n) is 4.92. The fourth-order valence-electron chi connectivity index (χ4n) is 1.90. The molecule has 0 aliphatic carbocycles. The molecule has 0 aromatic heterocycles. The number of rotatable bonds is 4. The number of nitrogens with one attached hydrogen (secondary N) is 2. The lowest BCUT2D eigenvalue weighted by Gasteiger charge is -2.15. The lowest BCUT2D eigenvalue weighted by atomic mass is 10.1. The van der Waals surface area contributed by atoms with Gasteiger partial charge in [-0.05, 0) is 44.2 Å². The predicted molar refractivity (Wildman–Crippen MR) is 87.3 cm³/mol. The van der Waals surface area contributed by atoms with Crippen molar-refractivity contribution >= 4 is 33.2 Å². The molecule has 21 heavy (non-hydrogen) atoms. The number of benzene rings is 2. The maximum atomic E-state index is 13.7. The van der Waals surface area contributed by atoms with Gasteiger partial charge in [0.05, 0.1) is 11.3 Å². The second kappa shape index (κ2) is 6.72. The summed E-state index contributed by atoms with van der Waals surface area (Å²) in [7, 11) is 0. The monoisotopic (exact) mass is 350 g/mol. The molecule has 0 saturated heterocycles. The van der Waals surface area contributed by atoms with E-state index in [-0.39, 0.29) is 17.6 Å². The van der Waals surface area contributed by atoms with Crippen molar-refractivity contribution in [3.63, 3.8) is 0 Å². The SMILES string of the molecule is CC(C)Nc1ccccc1C(=O)Nc1cc(Br)ccc1F. The second-order valence-corrected chi connectivity index (χ2v) is 5.84. The molecule has 1 amide bonds. The van der Waals surface area contributed by atoms with E-state index in [2.05, 4.69) is 26.6 Å². The highest BCUT2D eigenvalue weighted by Crippen LogP contribution is 2.22. The molecule has 0 aliphatic rings. The van der Waals surface area contributed by atoms with Crippen LogP contribution in [0.5, 0.6) is 0 Å². The Morgan fingerprint density at radius 3 is 2.57 bits per heavy atom. The molecule has 110 valence electrons. The summed E-state index contributed by atoms with van der Waals surface area (Å²) in [5.74, 6) is -0.823. The Bertz CT molecular complexity index is 658. The highest BCUT2D eigenvalue weighted by Gasteiger charge is 2.13. The van der Waals surface area contributed by atoms with Crippen molar-refractivity contribution in [1.29, 1.82) is 0 Å². The first-order valence-corrected chi connectivity index (χ1v) is 7.38. The van der Waals surface area contributed by atoms with E-state index in [0.29, 0.717) is 10.0 Å². The summed E-state index contributed by atoms with van der Waals surface area (Å²) in [5.41, 5.74) is 1.35. The zero-order valence-electron chi connectivity index (χ0n) is 11.8. The predicted octanol–water partition coefficient (Wildman–Crippen LogP) is 4.66. The van der Waals surface area contributed by atoms with Crippen LogP contribution in [0.1, 0.15) is 24.2 Å². The van der Waals surface area contributed by atoms with Crippen LogP contribution in [0.3, 0.4) is 0 Å². The molecule has 2 aromatic carbocycles. The highest BCUT2D eigenvalue weighted by molar-refractivity contribution is 9.10. The van der Waals surface area contributed by atoms with Crippen LogP contribution in [-0.2, 0) is 0 Å². The van der Waals surface area contributed by atoms with Crippen LogP contribution in [0.4, 0.5) is 15.8 Å². The number of carbonyl (C=O) groups excluding carboxylic acids is 1. The smallest absolute Gasteiger partial charge is 0.257 e. The van der Waals surface area contributed by atoms with Crippen LogP contribution in [0, 0.1) is 5.82 Å². The molecule has 2 N–H and O–H groups in total. The molecular formula is C16H16BrFN2O. The average Bonchev–Trinajstić information content (AvgIpc) is 2.42. The van der Waals surface area contributed by atoms with Gasteiger partial charge in [-0.15, -0.1) is 0 Å². The summed E-state index contributed by atoms with van der Waals surface area (Å²) in [6, 6.07) is 11.8. The van der Waals surface area contributed by atoms with E-state index >= 15 is 0 Å². The molecule has 0 unspecified atom stereocenters. The van der Waals surface area contributed by atoms with Gasteiger partial charge >= 0.3 is 0 Å². The molecule has 0 radical (unpaired) electrons. The number of para-hydroxylation sites is 1. The number of hydrogen-bond acceptors (Lipinski definition) is 2. The fourth-order valence-corrected chi connectivity index (χ4v) is 2.26. The molecule has 0 spiro atoms. The van der Waals surface area contributed by atoms with Gasteiger partial charge in [-0.2, -0.15) is 0 Å². The Morgan fingerprint density at radius 1 is 1.14 bits per heavy atom. The van der Waals surface area contributed by atoms with Gasteiger partial charge < -0.3 is 10.6 Å². The van der Waals surface area contributed by atoms with E-state index in [1.54, 1.807) is 18.2 Å². The summed E-state index contributed by atoms with van der Waals surface area (Å²) < 4.78 is 14.4. The Balaban J connectivity index is 2.26. The van der Waals surface area contributed by atoms with E-state index in [9.17, 15) is 9.18 Å². The molecular weight excluding hydrogens is 335 g/mol. The molecule has 0 saturated carbocycles. The van der Waals surface area contributed by atoms with Crippen molar-refractivity contribution in [2.45, 2.75) is 19.9 Å². The summed E-state index contributed by atoms with van der Waals surface area (Å²) in [6.45, 7) is 3.98. The van der Waals surface area contributed by atoms with Crippen LogP contribution in [0.15, 0.2) is 46.9 Å². The average molecular weight is 351 g/mol. The zero-order chi connectivity index (χ0) is 15.4. The number of hydrogen-bond donors (Lipinski definition) is 2. The Morgan fingerprint density at radius 2 is 1.86 bits per heavy atom. The van der Waals surface area contributed by atoms with Crippen LogP contribution < -0.4 is 10.6 Å². The molecule has 3 nitrogen and oxygen atoms in total. The van der Waals surface area contributed by atoms with Crippen molar-refractivity contribution in [1.82, 2.24) is 0 Å². The normalized spacial score (nSPS) is 10.5. The van der Waals surface area contributed by atoms with Crippen molar-refractivity contribution in [3.8, 4) is 0 Å². The topological polar surface area (TPSA) is 41.1 Å². The molecule has 0 aliphatic heterocycles. The molecule has 0 fully saturated rings. The first-order valence-electron chi connectivity index (χ1n) is 6.59. The summed E-state index contributed by atoms with van der Waals surface area (Å²) in [6.07, 6.45) is 0. The summed E-state index contributed by atoms with van der Waals surface area (Å²) in [4.78, 5) is 12.3. The van der Waals surface area contributed by atoms with Crippen LogP contribution in [0.2, 0.25) is 0 Å². The number of anilines is 2. The third-order valence-electron chi connectivity index (χ3n) is 2.79. The molecule has 2 rings (SSSR count). The van der Waals surface area contributed by atoms with Gasteiger partial charge in [0.25, 0.3) is 5.91 Å². The van der Waals surface area contributed by atoms with E-state index in [0.717, 1.165) is 5.69 Å². The van der Waals surface area contributed by atoms with Crippen molar-refractivity contribution in [3.05, 3.63) is 58.3 Å². The van der Waals surface area contributed by atoms with Gasteiger partial charge in [-0.1, -0.05) is 28.1 Å². The molecule has 5 heteroatoms. The van der Waals surface area contributed by atoms with Crippen molar-refractivity contribution in [2.75, 3.05) is 10.6 Å². The molecule has 0 atom stereocenters. The standard InChI is InChI=1S/C16H16BrFN2O/c1-10(2)19-14-6-4-3-5-12(14)16(21)20-15-9-11(17)7-8-13(15)18/h3-10,19H,1-2H3,(H,20,21). The minimum atomic E-state index is -0.471. The Labute approximate surface area is 131 Å². The first-order chi connectivity index (χ1) is 9.97. The van der Waals surface area contributed by atoms with Crippen LogP contribution in [-0.4, -0.2) is 11.9 Å². The maximum absolute atomic E-state index is 13.7. The van der Waals surface area contributed by atoms with Crippen molar-refractivity contribution in [2.24, 2.45) is 0 Å². The maximum Gasteiger partial charge on any atom is 0.257 e. The zero-order valence-corrected chi connectivity index (χ0v) is 13.4. The lowest BCUT2D eigenvalue weighted by molar-refractivity contribution is 0.102.